The van der Waals surface area contributed by atoms with Gasteiger partial charge in [-0.25, -0.2) is 4.79 Å². The van der Waals surface area contributed by atoms with Crippen LogP contribution in [0.4, 0.5) is 0 Å². The number of benzene rings is 1. The topological polar surface area (TPSA) is 85.4 Å². The Hall–Kier alpha value is -2.05. The van der Waals surface area contributed by atoms with Crippen LogP contribution in [0.5, 0.6) is 0 Å². The molecule has 1 aromatic carbocycles. The average molecular weight is 406 g/mol. The average Bonchev–Trinajstić information content (AvgIpc) is 2.96. The Bertz CT molecular complexity index is 854. The van der Waals surface area contributed by atoms with Crippen LogP contribution >= 0.6 is 11.6 Å². The monoisotopic (exact) mass is 405 g/mol. The van der Waals surface area contributed by atoms with Gasteiger partial charge in [0.05, 0.1) is 6.42 Å². The number of nitrogens with zero attached hydrogens (tertiary/aromatic N) is 1. The second-order valence-electron chi connectivity index (χ2n) is 8.06. The number of carboxylic acids is 1. The number of aromatic amines is 1. The van der Waals surface area contributed by atoms with Gasteiger partial charge in [0.25, 0.3) is 0 Å². The van der Waals surface area contributed by atoms with Crippen LogP contribution in [0.25, 0.3) is 10.9 Å². The van der Waals surface area contributed by atoms with Crippen molar-refractivity contribution in [1.82, 2.24) is 15.2 Å². The molecule has 1 aromatic heterocycles. The lowest BCUT2D eigenvalue weighted by Gasteiger charge is -2.34. The molecule has 2 aromatic rings. The van der Waals surface area contributed by atoms with Crippen LogP contribution in [0.3, 0.4) is 0 Å². The molecule has 3 rings (SSSR count). The number of piperidine rings is 1. The third kappa shape index (κ3) is 5.06. The fourth-order valence-electron chi connectivity index (χ4n) is 4.31. The molecule has 1 aliphatic rings. The van der Waals surface area contributed by atoms with Gasteiger partial charge in [-0.3, -0.25) is 4.79 Å². The maximum absolute atomic E-state index is 12.4. The number of H-pyrrole nitrogens is 1. The van der Waals surface area contributed by atoms with Crippen LogP contribution in [0.2, 0.25) is 5.02 Å². The largest absolute Gasteiger partial charge is 0.477 e. The third-order valence-electron chi connectivity index (χ3n) is 5.34. The minimum absolute atomic E-state index is 0.0136. The van der Waals surface area contributed by atoms with Gasteiger partial charge in [0.1, 0.15) is 5.69 Å². The van der Waals surface area contributed by atoms with Crippen LogP contribution in [0.1, 0.15) is 42.7 Å². The second-order valence-corrected chi connectivity index (χ2v) is 8.50. The van der Waals surface area contributed by atoms with Crippen LogP contribution in [-0.2, 0) is 11.2 Å². The Labute approximate surface area is 170 Å². The fourth-order valence-corrected chi connectivity index (χ4v) is 4.49. The number of carbonyl (C=O) groups excluding carboxylic acids is 1. The molecule has 6 nitrogen and oxygen atoms in total. The molecule has 1 amide bonds. The van der Waals surface area contributed by atoms with Crippen molar-refractivity contribution in [2.24, 2.45) is 11.8 Å². The van der Waals surface area contributed by atoms with E-state index >= 15 is 0 Å². The zero-order valence-corrected chi connectivity index (χ0v) is 17.2. The number of halogens is 1. The van der Waals surface area contributed by atoms with E-state index in [9.17, 15) is 14.7 Å². The summed E-state index contributed by atoms with van der Waals surface area (Å²) in [7, 11) is 0. The molecule has 0 bridgehead atoms. The highest BCUT2D eigenvalue weighted by Crippen LogP contribution is 2.26. The Morgan fingerprint density at radius 2 is 2.00 bits per heavy atom. The van der Waals surface area contributed by atoms with Crippen molar-refractivity contribution in [3.63, 3.8) is 0 Å². The highest BCUT2D eigenvalue weighted by Gasteiger charge is 2.22. The van der Waals surface area contributed by atoms with Crippen LogP contribution in [0.15, 0.2) is 18.2 Å². The zero-order valence-electron chi connectivity index (χ0n) is 16.4. The molecule has 0 saturated carbocycles. The van der Waals surface area contributed by atoms with Crippen molar-refractivity contribution >= 4 is 34.4 Å². The molecule has 2 atom stereocenters. The Balaban J connectivity index is 1.55. The first kappa shape index (κ1) is 20.7. The number of amides is 1. The standard InChI is InChI=1S/C21H28ClN3O3/c1-13-8-14(2)12-25(11-13)7-3-6-23-19(26)10-17-16-9-15(22)4-5-18(16)24-20(17)21(27)28/h4-5,9,13-14,24H,3,6-8,10-12H2,1-2H3,(H,23,26)(H,27,28)/t13-,14-/m0/s1. The maximum atomic E-state index is 12.4. The van der Waals surface area contributed by atoms with Crippen molar-refractivity contribution in [3.8, 4) is 0 Å². The van der Waals surface area contributed by atoms with Crippen molar-refractivity contribution in [3.05, 3.63) is 34.5 Å². The van der Waals surface area contributed by atoms with E-state index in [2.05, 4.69) is 29.0 Å². The minimum atomic E-state index is -1.08. The summed E-state index contributed by atoms with van der Waals surface area (Å²) < 4.78 is 0. The van der Waals surface area contributed by atoms with E-state index in [1.165, 1.54) is 6.42 Å². The second kappa shape index (κ2) is 8.97. The number of aromatic nitrogens is 1. The lowest BCUT2D eigenvalue weighted by atomic mass is 9.92. The molecule has 0 spiro atoms. The highest BCUT2D eigenvalue weighted by atomic mass is 35.5. The number of likely N-dealkylation sites (tertiary alicyclic amines) is 1. The number of aromatic carboxylic acids is 1. The highest BCUT2D eigenvalue weighted by molar-refractivity contribution is 6.31. The summed E-state index contributed by atoms with van der Waals surface area (Å²) in [5.41, 5.74) is 1.18. The Kier molecular flexibility index (Phi) is 6.62. The Morgan fingerprint density at radius 1 is 1.29 bits per heavy atom. The number of nitrogens with one attached hydrogen (secondary N) is 2. The number of carbonyl (C=O) groups is 2. The normalized spacial score (nSPS) is 20.4. The molecule has 28 heavy (non-hydrogen) atoms. The molecule has 2 heterocycles. The first-order valence-corrected chi connectivity index (χ1v) is 10.2. The summed E-state index contributed by atoms with van der Waals surface area (Å²) in [5.74, 6) is 0.190. The molecule has 1 fully saturated rings. The molecular formula is C21H28ClN3O3. The molecule has 7 heteroatoms. The van der Waals surface area contributed by atoms with Gasteiger partial charge in [-0.15, -0.1) is 0 Å². The van der Waals surface area contributed by atoms with Crippen molar-refractivity contribution in [2.75, 3.05) is 26.2 Å². The zero-order chi connectivity index (χ0) is 20.3. The first-order valence-electron chi connectivity index (χ1n) is 9.86. The number of fused-ring (bicyclic) bond motifs is 1. The minimum Gasteiger partial charge on any atom is -0.477 e. The summed E-state index contributed by atoms with van der Waals surface area (Å²) in [6, 6.07) is 5.12. The van der Waals surface area contributed by atoms with Gasteiger partial charge in [0.2, 0.25) is 5.91 Å². The van der Waals surface area contributed by atoms with E-state index in [-0.39, 0.29) is 18.0 Å². The van der Waals surface area contributed by atoms with E-state index in [4.69, 9.17) is 11.6 Å². The molecule has 0 radical (unpaired) electrons. The lowest BCUT2D eigenvalue weighted by molar-refractivity contribution is -0.120. The molecular weight excluding hydrogens is 378 g/mol. The fraction of sp³-hybridized carbons (Fsp3) is 0.524. The first-order chi connectivity index (χ1) is 13.3. The molecule has 1 saturated heterocycles. The van der Waals surface area contributed by atoms with Crippen LogP contribution < -0.4 is 5.32 Å². The van der Waals surface area contributed by atoms with Gasteiger partial charge < -0.3 is 20.3 Å². The predicted octanol–water partition coefficient (Wildman–Crippen LogP) is 3.55. The van der Waals surface area contributed by atoms with Crippen molar-refractivity contribution in [2.45, 2.75) is 33.1 Å². The number of hydrogen-bond acceptors (Lipinski definition) is 3. The number of rotatable bonds is 7. The van der Waals surface area contributed by atoms with E-state index in [1.807, 2.05) is 0 Å². The van der Waals surface area contributed by atoms with Crippen LogP contribution in [0, 0.1) is 11.8 Å². The van der Waals surface area contributed by atoms with Gasteiger partial charge in [-0.2, -0.15) is 0 Å². The van der Waals surface area contributed by atoms with Crippen LogP contribution in [-0.4, -0.2) is 53.0 Å². The third-order valence-corrected chi connectivity index (χ3v) is 5.57. The van der Waals surface area contributed by atoms with Gasteiger partial charge in [0.15, 0.2) is 0 Å². The summed E-state index contributed by atoms with van der Waals surface area (Å²) in [5, 5.41) is 13.6. The van der Waals surface area contributed by atoms with Gasteiger partial charge in [0, 0.05) is 41.1 Å². The summed E-state index contributed by atoms with van der Waals surface area (Å²) in [6.07, 6.45) is 2.18. The summed E-state index contributed by atoms with van der Waals surface area (Å²) in [4.78, 5) is 29.3. The van der Waals surface area contributed by atoms with E-state index in [1.54, 1.807) is 18.2 Å². The van der Waals surface area contributed by atoms with Gasteiger partial charge >= 0.3 is 5.97 Å². The molecule has 0 aliphatic carbocycles. The SMILES string of the molecule is C[C@H]1C[C@H](C)CN(CCCNC(=O)Cc2c(C(=O)O)[nH]c3ccc(Cl)cc23)C1. The van der Waals surface area contributed by atoms with Crippen molar-refractivity contribution < 1.29 is 14.7 Å². The van der Waals surface area contributed by atoms with Gasteiger partial charge in [-0.1, -0.05) is 25.4 Å². The summed E-state index contributed by atoms with van der Waals surface area (Å²) >= 11 is 6.05. The van der Waals surface area contributed by atoms with Gasteiger partial charge in [-0.05, 0) is 49.4 Å². The van der Waals surface area contributed by atoms with Crippen molar-refractivity contribution in [1.29, 1.82) is 0 Å². The predicted molar refractivity (Wildman–Crippen MR) is 111 cm³/mol. The summed E-state index contributed by atoms with van der Waals surface area (Å²) in [6.45, 7) is 8.38. The smallest absolute Gasteiger partial charge is 0.352 e. The van der Waals surface area contributed by atoms with E-state index in [0.717, 1.165) is 37.9 Å². The maximum Gasteiger partial charge on any atom is 0.352 e. The number of hydrogen-bond donors (Lipinski definition) is 3. The molecule has 152 valence electrons. The molecule has 1 aliphatic heterocycles. The quantitative estimate of drug-likeness (QED) is 0.615. The molecule has 3 N–H and O–H groups in total. The lowest BCUT2D eigenvalue weighted by Crippen LogP contribution is -2.40. The molecule has 0 unspecified atom stereocenters. The van der Waals surface area contributed by atoms with E-state index in [0.29, 0.717) is 28.0 Å². The number of carboxylic acid groups (broad SMARTS) is 1. The van der Waals surface area contributed by atoms with E-state index < -0.39 is 5.97 Å². The Morgan fingerprint density at radius 3 is 2.68 bits per heavy atom.